The van der Waals surface area contributed by atoms with Crippen molar-refractivity contribution >= 4 is 0 Å². The van der Waals surface area contributed by atoms with E-state index in [-0.39, 0.29) is 17.3 Å². The summed E-state index contributed by atoms with van der Waals surface area (Å²) >= 11 is 0. The maximum Gasteiger partial charge on any atom is 0.123 e. The van der Waals surface area contributed by atoms with Gasteiger partial charge in [0.1, 0.15) is 5.82 Å². The fraction of sp³-hybridized carbons (Fsp3) is 0.438. The van der Waals surface area contributed by atoms with E-state index >= 15 is 0 Å². The number of nitrogens with one attached hydrogen (secondary N) is 1. The van der Waals surface area contributed by atoms with E-state index in [4.69, 9.17) is 0 Å². The van der Waals surface area contributed by atoms with Crippen LogP contribution >= 0.6 is 0 Å². The van der Waals surface area contributed by atoms with E-state index in [0.717, 1.165) is 17.8 Å². The third-order valence-electron chi connectivity index (χ3n) is 3.48. The highest BCUT2D eigenvalue weighted by Gasteiger charge is 2.26. The van der Waals surface area contributed by atoms with Crippen molar-refractivity contribution < 1.29 is 4.39 Å². The normalized spacial score (nSPS) is 13.4. The molecule has 108 valence electrons. The minimum absolute atomic E-state index is 0.0381. The van der Waals surface area contributed by atoms with Crippen LogP contribution < -0.4 is 5.32 Å². The van der Waals surface area contributed by atoms with Crippen LogP contribution in [0.15, 0.2) is 36.5 Å². The minimum atomic E-state index is -0.201. The van der Waals surface area contributed by atoms with E-state index < -0.39 is 0 Å². The summed E-state index contributed by atoms with van der Waals surface area (Å²) in [4.78, 5) is 0. The van der Waals surface area contributed by atoms with Crippen LogP contribution in [0, 0.1) is 11.2 Å². The molecule has 1 N–H and O–H groups in total. The van der Waals surface area contributed by atoms with Crippen LogP contribution in [0.2, 0.25) is 0 Å². The van der Waals surface area contributed by atoms with Gasteiger partial charge in [0, 0.05) is 25.8 Å². The summed E-state index contributed by atoms with van der Waals surface area (Å²) in [6, 6.07) is 8.87. The lowest BCUT2D eigenvalue weighted by Crippen LogP contribution is -2.32. The molecule has 1 aromatic carbocycles. The molecular formula is C16H22FN3. The molecule has 1 heterocycles. The molecule has 0 saturated heterocycles. The monoisotopic (exact) mass is 275 g/mol. The largest absolute Gasteiger partial charge is 0.304 e. The van der Waals surface area contributed by atoms with Gasteiger partial charge in [0.15, 0.2) is 0 Å². The molecule has 0 spiro atoms. The SMILES string of the molecule is Cn1nccc1CNC(c1ccc(F)cc1)C(C)(C)C. The second-order valence-electron chi connectivity index (χ2n) is 6.18. The standard InChI is InChI=1S/C16H22FN3/c1-16(2,3)15(12-5-7-13(17)8-6-12)18-11-14-9-10-19-20(14)4/h5-10,15,18H,11H2,1-4H3. The molecule has 0 aliphatic carbocycles. The van der Waals surface area contributed by atoms with E-state index in [1.165, 1.54) is 12.1 Å². The van der Waals surface area contributed by atoms with Crippen LogP contribution in [0.3, 0.4) is 0 Å². The number of rotatable bonds is 4. The van der Waals surface area contributed by atoms with Gasteiger partial charge >= 0.3 is 0 Å². The van der Waals surface area contributed by atoms with Crippen molar-refractivity contribution in [2.75, 3.05) is 0 Å². The summed E-state index contributed by atoms with van der Waals surface area (Å²) < 4.78 is 14.9. The molecule has 0 saturated carbocycles. The van der Waals surface area contributed by atoms with Gasteiger partial charge in [-0.25, -0.2) is 4.39 Å². The Kier molecular flexibility index (Phi) is 4.23. The van der Waals surface area contributed by atoms with Gasteiger partial charge in [-0.3, -0.25) is 4.68 Å². The van der Waals surface area contributed by atoms with Gasteiger partial charge in [-0.05, 0) is 29.2 Å². The summed E-state index contributed by atoms with van der Waals surface area (Å²) in [6.45, 7) is 7.27. The maximum atomic E-state index is 13.1. The first-order valence-electron chi connectivity index (χ1n) is 6.83. The second-order valence-corrected chi connectivity index (χ2v) is 6.18. The molecule has 0 aliphatic rings. The summed E-state index contributed by atoms with van der Waals surface area (Å²) in [5.74, 6) is -0.201. The third kappa shape index (κ3) is 3.45. The van der Waals surface area contributed by atoms with Crippen LogP contribution in [-0.2, 0) is 13.6 Å². The van der Waals surface area contributed by atoms with Crippen LogP contribution in [-0.4, -0.2) is 9.78 Å². The van der Waals surface area contributed by atoms with Crippen molar-refractivity contribution in [1.82, 2.24) is 15.1 Å². The Morgan fingerprint density at radius 3 is 2.35 bits per heavy atom. The van der Waals surface area contributed by atoms with E-state index in [1.807, 2.05) is 29.9 Å². The zero-order valence-corrected chi connectivity index (χ0v) is 12.5. The smallest absolute Gasteiger partial charge is 0.123 e. The number of benzene rings is 1. The van der Waals surface area contributed by atoms with Crippen molar-refractivity contribution in [3.8, 4) is 0 Å². The number of aryl methyl sites for hydroxylation is 1. The number of hydrogen-bond acceptors (Lipinski definition) is 2. The molecule has 1 unspecified atom stereocenters. The zero-order chi connectivity index (χ0) is 14.8. The van der Waals surface area contributed by atoms with E-state index in [0.29, 0.717) is 0 Å². The lowest BCUT2D eigenvalue weighted by Gasteiger charge is -2.32. The molecule has 1 aromatic heterocycles. The van der Waals surface area contributed by atoms with Gasteiger partial charge in [0.25, 0.3) is 0 Å². The predicted octanol–water partition coefficient (Wildman–Crippen LogP) is 3.44. The molecule has 20 heavy (non-hydrogen) atoms. The third-order valence-corrected chi connectivity index (χ3v) is 3.48. The Morgan fingerprint density at radius 2 is 1.85 bits per heavy atom. The van der Waals surface area contributed by atoms with Gasteiger partial charge in [0.2, 0.25) is 0 Å². The molecule has 1 atom stereocenters. The topological polar surface area (TPSA) is 29.9 Å². The van der Waals surface area contributed by atoms with Crippen LogP contribution in [0.5, 0.6) is 0 Å². The molecule has 0 radical (unpaired) electrons. The average Bonchev–Trinajstić information content (AvgIpc) is 2.76. The van der Waals surface area contributed by atoms with E-state index in [2.05, 4.69) is 31.2 Å². The highest BCUT2D eigenvalue weighted by Crippen LogP contribution is 2.33. The van der Waals surface area contributed by atoms with Gasteiger partial charge < -0.3 is 5.32 Å². The Balaban J connectivity index is 2.16. The Labute approximate surface area is 119 Å². The quantitative estimate of drug-likeness (QED) is 0.926. The van der Waals surface area contributed by atoms with Crippen molar-refractivity contribution in [2.45, 2.75) is 33.4 Å². The lowest BCUT2D eigenvalue weighted by molar-refractivity contribution is 0.269. The fourth-order valence-corrected chi connectivity index (χ4v) is 2.36. The summed E-state index contributed by atoms with van der Waals surface area (Å²) in [5, 5.41) is 7.72. The van der Waals surface area contributed by atoms with E-state index in [1.54, 1.807) is 6.20 Å². The first kappa shape index (κ1) is 14.7. The molecule has 2 aromatic rings. The summed E-state index contributed by atoms with van der Waals surface area (Å²) in [6.07, 6.45) is 1.79. The summed E-state index contributed by atoms with van der Waals surface area (Å²) in [5.41, 5.74) is 2.26. The Morgan fingerprint density at radius 1 is 1.20 bits per heavy atom. The van der Waals surface area contributed by atoms with Crippen molar-refractivity contribution in [3.05, 3.63) is 53.6 Å². The number of halogens is 1. The molecule has 2 rings (SSSR count). The number of aromatic nitrogens is 2. The van der Waals surface area contributed by atoms with Crippen LogP contribution in [0.1, 0.15) is 38.1 Å². The minimum Gasteiger partial charge on any atom is -0.304 e. The number of hydrogen-bond donors (Lipinski definition) is 1. The van der Waals surface area contributed by atoms with Crippen molar-refractivity contribution in [1.29, 1.82) is 0 Å². The molecule has 0 amide bonds. The first-order chi connectivity index (χ1) is 9.38. The van der Waals surface area contributed by atoms with Crippen molar-refractivity contribution in [2.24, 2.45) is 12.5 Å². The molecule has 4 heteroatoms. The van der Waals surface area contributed by atoms with Gasteiger partial charge in [-0.2, -0.15) is 5.10 Å². The maximum absolute atomic E-state index is 13.1. The highest BCUT2D eigenvalue weighted by atomic mass is 19.1. The van der Waals surface area contributed by atoms with Crippen molar-refractivity contribution in [3.63, 3.8) is 0 Å². The fourth-order valence-electron chi connectivity index (χ4n) is 2.36. The molecular weight excluding hydrogens is 253 g/mol. The van der Waals surface area contributed by atoms with E-state index in [9.17, 15) is 4.39 Å². The molecule has 0 bridgehead atoms. The molecule has 3 nitrogen and oxygen atoms in total. The average molecular weight is 275 g/mol. The lowest BCUT2D eigenvalue weighted by atomic mass is 9.82. The number of nitrogens with zero attached hydrogens (tertiary/aromatic N) is 2. The van der Waals surface area contributed by atoms with Gasteiger partial charge in [-0.15, -0.1) is 0 Å². The van der Waals surface area contributed by atoms with Crippen LogP contribution in [0.25, 0.3) is 0 Å². The Bertz CT molecular complexity index is 552. The Hall–Kier alpha value is -1.68. The van der Waals surface area contributed by atoms with Gasteiger partial charge in [-0.1, -0.05) is 32.9 Å². The second kappa shape index (κ2) is 5.75. The first-order valence-corrected chi connectivity index (χ1v) is 6.83. The summed E-state index contributed by atoms with van der Waals surface area (Å²) in [7, 11) is 1.93. The molecule has 0 fully saturated rings. The highest BCUT2D eigenvalue weighted by molar-refractivity contribution is 5.22. The van der Waals surface area contributed by atoms with Crippen LogP contribution in [0.4, 0.5) is 4.39 Å². The predicted molar refractivity (Wildman–Crippen MR) is 78.6 cm³/mol. The molecule has 0 aliphatic heterocycles. The van der Waals surface area contributed by atoms with Gasteiger partial charge in [0.05, 0.1) is 5.69 Å². The zero-order valence-electron chi connectivity index (χ0n) is 12.5.